The molecule has 0 saturated carbocycles. The van der Waals surface area contributed by atoms with Crippen molar-refractivity contribution < 1.29 is 13.2 Å². The largest absolute Gasteiger partial charge is 0.325 e. The van der Waals surface area contributed by atoms with E-state index in [1.165, 1.54) is 6.08 Å². The number of carbonyl (C=O) groups excluding carboxylic acids is 1. The van der Waals surface area contributed by atoms with Crippen molar-refractivity contribution in [2.75, 3.05) is 6.54 Å². The number of nitrogens with one attached hydrogen (secondary N) is 1. The molecule has 1 amide bonds. The first kappa shape index (κ1) is 8.06. The topological polar surface area (TPSA) is 66.5 Å². The van der Waals surface area contributed by atoms with Gasteiger partial charge in [0.1, 0.15) is 0 Å². The van der Waals surface area contributed by atoms with Crippen molar-refractivity contribution >= 4 is 16.1 Å². The second-order valence-electron chi connectivity index (χ2n) is 1.96. The molecule has 6 heteroatoms. The molecule has 5 nitrogen and oxygen atoms in total. The number of hydrogen-bond donors (Lipinski definition) is 1. The van der Waals surface area contributed by atoms with Gasteiger partial charge in [-0.3, -0.25) is 9.52 Å². The van der Waals surface area contributed by atoms with E-state index in [1.807, 2.05) is 0 Å². The lowest BCUT2D eigenvalue weighted by Gasteiger charge is -2.21. The van der Waals surface area contributed by atoms with E-state index in [0.717, 1.165) is 10.5 Å². The number of rotatable bonds is 1. The molecule has 0 aromatic heterocycles. The minimum atomic E-state index is -3.58. The van der Waals surface area contributed by atoms with Crippen LogP contribution in [0.1, 0.15) is 6.92 Å². The molecule has 1 rings (SSSR count). The third-order valence-electron chi connectivity index (χ3n) is 1.27. The monoisotopic (exact) mass is 176 g/mol. The highest BCUT2D eigenvalue weighted by Crippen LogP contribution is 2.03. The molecule has 1 aliphatic heterocycles. The van der Waals surface area contributed by atoms with E-state index in [0.29, 0.717) is 0 Å². The SMILES string of the molecule is CCN1C(=O)C=CNS1(=O)=O. The Morgan fingerprint density at radius 1 is 1.64 bits per heavy atom. The van der Waals surface area contributed by atoms with Gasteiger partial charge in [-0.1, -0.05) is 0 Å². The fourth-order valence-corrected chi connectivity index (χ4v) is 1.79. The summed E-state index contributed by atoms with van der Waals surface area (Å²) in [4.78, 5) is 10.9. The average Bonchev–Trinajstić information content (AvgIpc) is 1.86. The number of likely N-dealkylation sites (N-methyl/N-ethyl adjacent to an activating group) is 1. The minimum Gasteiger partial charge on any atom is -0.273 e. The smallest absolute Gasteiger partial charge is 0.273 e. The zero-order chi connectivity index (χ0) is 8.48. The molecule has 0 fully saturated rings. The number of amides is 1. The van der Waals surface area contributed by atoms with Gasteiger partial charge < -0.3 is 0 Å². The molecule has 0 radical (unpaired) electrons. The number of nitrogens with zero attached hydrogens (tertiary/aromatic N) is 1. The molecule has 0 atom stereocenters. The molecule has 0 saturated heterocycles. The lowest BCUT2D eigenvalue weighted by Crippen LogP contribution is -2.44. The second-order valence-corrected chi connectivity index (χ2v) is 3.59. The maximum atomic E-state index is 11.0. The normalized spacial score (nSPS) is 21.5. The second kappa shape index (κ2) is 2.54. The third-order valence-corrected chi connectivity index (χ3v) is 2.72. The van der Waals surface area contributed by atoms with Gasteiger partial charge in [0.05, 0.1) is 0 Å². The van der Waals surface area contributed by atoms with Crippen LogP contribution in [-0.4, -0.2) is 25.2 Å². The van der Waals surface area contributed by atoms with Crippen LogP contribution < -0.4 is 4.72 Å². The summed E-state index contributed by atoms with van der Waals surface area (Å²) in [5.74, 6) is -0.508. The van der Waals surface area contributed by atoms with E-state index in [9.17, 15) is 13.2 Å². The van der Waals surface area contributed by atoms with E-state index >= 15 is 0 Å². The van der Waals surface area contributed by atoms with Crippen LogP contribution >= 0.6 is 0 Å². The van der Waals surface area contributed by atoms with Crippen LogP contribution in [0.15, 0.2) is 12.3 Å². The molecule has 0 aromatic carbocycles. The van der Waals surface area contributed by atoms with Crippen LogP contribution in [0, 0.1) is 0 Å². The summed E-state index contributed by atoms with van der Waals surface area (Å²) >= 11 is 0. The zero-order valence-electron chi connectivity index (χ0n) is 5.94. The first-order chi connectivity index (χ1) is 5.08. The maximum Gasteiger partial charge on any atom is 0.325 e. The van der Waals surface area contributed by atoms with Crippen LogP contribution in [0.5, 0.6) is 0 Å². The average molecular weight is 176 g/mol. The van der Waals surface area contributed by atoms with E-state index in [2.05, 4.69) is 4.72 Å². The molecule has 62 valence electrons. The van der Waals surface area contributed by atoms with Gasteiger partial charge in [-0.05, 0) is 6.92 Å². The highest BCUT2D eigenvalue weighted by Gasteiger charge is 2.25. The Bertz CT molecular complexity index is 293. The van der Waals surface area contributed by atoms with Crippen LogP contribution in [-0.2, 0) is 15.0 Å². The summed E-state index contributed by atoms with van der Waals surface area (Å²) in [6, 6.07) is 0. The Balaban J connectivity index is 3.05. The third kappa shape index (κ3) is 1.35. The van der Waals surface area contributed by atoms with E-state index in [-0.39, 0.29) is 6.54 Å². The molecule has 0 spiro atoms. The van der Waals surface area contributed by atoms with Gasteiger partial charge in [0.2, 0.25) is 0 Å². The minimum absolute atomic E-state index is 0.151. The van der Waals surface area contributed by atoms with Crippen molar-refractivity contribution in [2.45, 2.75) is 6.92 Å². The first-order valence-electron chi connectivity index (χ1n) is 3.08. The van der Waals surface area contributed by atoms with Crippen LogP contribution in [0.2, 0.25) is 0 Å². The fourth-order valence-electron chi connectivity index (χ4n) is 0.782. The van der Waals surface area contributed by atoms with Crippen molar-refractivity contribution in [1.29, 1.82) is 0 Å². The Kier molecular flexibility index (Phi) is 1.86. The summed E-state index contributed by atoms with van der Waals surface area (Å²) in [7, 11) is -3.58. The first-order valence-corrected chi connectivity index (χ1v) is 4.52. The highest BCUT2D eigenvalue weighted by atomic mass is 32.2. The number of carbonyl (C=O) groups is 1. The van der Waals surface area contributed by atoms with Crippen LogP contribution in [0.3, 0.4) is 0 Å². The van der Waals surface area contributed by atoms with Gasteiger partial charge in [0.25, 0.3) is 5.91 Å². The van der Waals surface area contributed by atoms with E-state index < -0.39 is 16.1 Å². The predicted octanol–water partition coefficient (Wildman–Crippen LogP) is -0.803. The molecular formula is C5H8N2O3S. The summed E-state index contributed by atoms with van der Waals surface area (Å²) in [5.41, 5.74) is 0. The molecule has 1 heterocycles. The zero-order valence-corrected chi connectivity index (χ0v) is 6.76. The van der Waals surface area contributed by atoms with Gasteiger partial charge in [0, 0.05) is 18.8 Å². The highest BCUT2D eigenvalue weighted by molar-refractivity contribution is 7.87. The predicted molar refractivity (Wildman–Crippen MR) is 38.6 cm³/mol. The molecule has 0 bridgehead atoms. The van der Waals surface area contributed by atoms with Gasteiger partial charge in [-0.25, -0.2) is 4.31 Å². The lowest BCUT2D eigenvalue weighted by molar-refractivity contribution is -0.121. The summed E-state index contributed by atoms with van der Waals surface area (Å²) in [6.45, 7) is 1.74. The molecule has 11 heavy (non-hydrogen) atoms. The van der Waals surface area contributed by atoms with Crippen LogP contribution in [0.4, 0.5) is 0 Å². The number of hydrogen-bond acceptors (Lipinski definition) is 3. The summed E-state index contributed by atoms with van der Waals surface area (Å²) < 4.78 is 24.8. The van der Waals surface area contributed by atoms with Gasteiger partial charge in [0.15, 0.2) is 0 Å². The van der Waals surface area contributed by atoms with E-state index in [1.54, 1.807) is 6.92 Å². The lowest BCUT2D eigenvalue weighted by atomic mass is 10.5. The Morgan fingerprint density at radius 2 is 2.27 bits per heavy atom. The Hall–Kier alpha value is -1.04. The van der Waals surface area contributed by atoms with E-state index in [4.69, 9.17) is 0 Å². The Morgan fingerprint density at radius 3 is 2.64 bits per heavy atom. The van der Waals surface area contributed by atoms with Crippen molar-refractivity contribution in [3.05, 3.63) is 12.3 Å². The molecule has 1 aliphatic rings. The molecule has 1 N–H and O–H groups in total. The van der Waals surface area contributed by atoms with Gasteiger partial charge >= 0.3 is 10.2 Å². The van der Waals surface area contributed by atoms with Crippen molar-refractivity contribution in [2.24, 2.45) is 0 Å². The Labute approximate surface area is 64.9 Å². The molecule has 0 aliphatic carbocycles. The molecular weight excluding hydrogens is 168 g/mol. The maximum absolute atomic E-state index is 11.0. The van der Waals surface area contributed by atoms with Crippen LogP contribution in [0.25, 0.3) is 0 Å². The summed E-state index contributed by atoms with van der Waals surface area (Å²) in [5, 5.41) is 0. The van der Waals surface area contributed by atoms with Crippen molar-refractivity contribution in [3.63, 3.8) is 0 Å². The molecule has 0 unspecified atom stereocenters. The van der Waals surface area contributed by atoms with Crippen molar-refractivity contribution in [1.82, 2.24) is 9.03 Å². The fraction of sp³-hybridized carbons (Fsp3) is 0.400. The van der Waals surface area contributed by atoms with Gasteiger partial charge in [-0.15, -0.1) is 0 Å². The summed E-state index contributed by atoms with van der Waals surface area (Å²) in [6.07, 6.45) is 2.29. The molecule has 0 aromatic rings. The quantitative estimate of drug-likeness (QED) is 0.568. The van der Waals surface area contributed by atoms with Gasteiger partial charge in [-0.2, -0.15) is 8.42 Å². The standard InChI is InChI=1S/C5H8N2O3S/c1-2-7-5(8)3-4-6-11(7,9)10/h3-4,6H,2H2,1H3. The van der Waals surface area contributed by atoms with Crippen molar-refractivity contribution in [3.8, 4) is 0 Å².